The third-order valence-corrected chi connectivity index (χ3v) is 1.15. The summed E-state index contributed by atoms with van der Waals surface area (Å²) in [6.45, 7) is 1.96. The van der Waals surface area contributed by atoms with Crippen LogP contribution in [0.15, 0.2) is 10.7 Å². The molecule has 0 saturated carbocycles. The summed E-state index contributed by atoms with van der Waals surface area (Å²) in [6.07, 6.45) is 2.15. The lowest BCUT2D eigenvalue weighted by molar-refractivity contribution is 0.0570. The lowest BCUT2D eigenvalue weighted by atomic mass is 10.4. The van der Waals surface area contributed by atoms with E-state index < -0.39 is 0 Å². The third kappa shape index (κ3) is 1.17. The monoisotopic (exact) mass is 163 g/mol. The highest BCUT2D eigenvalue weighted by Crippen LogP contribution is 2.09. The van der Waals surface area contributed by atoms with Crippen LogP contribution in [0.2, 0.25) is 0 Å². The van der Waals surface area contributed by atoms with Crippen LogP contribution in [0.4, 0.5) is 0 Å². The number of hydroxylamine groups is 1. The van der Waals surface area contributed by atoms with Crippen molar-refractivity contribution < 1.29 is 4.84 Å². The number of rotatable bonds is 0. The maximum Gasteiger partial charge on any atom is 0.104 e. The fourth-order valence-corrected chi connectivity index (χ4v) is 0.889. The van der Waals surface area contributed by atoms with Gasteiger partial charge in [-0.25, -0.2) is 0 Å². The van der Waals surface area contributed by atoms with Crippen molar-refractivity contribution in [2.75, 3.05) is 0 Å². The van der Waals surface area contributed by atoms with Gasteiger partial charge in [0.15, 0.2) is 0 Å². The molecule has 1 aliphatic heterocycles. The minimum atomic E-state index is 0.203. The highest BCUT2D eigenvalue weighted by atomic mass is 79.9. The topological polar surface area (TPSA) is 21.3 Å². The Hall–Kier alpha value is -0.0200. The average Bonchev–Trinajstić information content (AvgIpc) is 1.87. The molecule has 1 heterocycles. The summed E-state index contributed by atoms with van der Waals surface area (Å²) >= 11 is 3.20. The Balaban J connectivity index is 2.50. The first-order valence-corrected chi connectivity index (χ1v) is 2.87. The van der Waals surface area contributed by atoms with Crippen LogP contribution >= 0.6 is 15.9 Å². The van der Waals surface area contributed by atoms with Crippen molar-refractivity contribution in [3.63, 3.8) is 0 Å². The molecule has 0 amide bonds. The number of nitrogens with one attached hydrogen (secondary N) is 1. The zero-order valence-corrected chi connectivity index (χ0v) is 5.53. The van der Waals surface area contributed by atoms with E-state index in [1.165, 1.54) is 0 Å². The molecule has 0 radical (unpaired) electrons. The van der Waals surface area contributed by atoms with E-state index in [2.05, 4.69) is 21.4 Å². The predicted octanol–water partition coefficient (Wildman–Crippen LogP) is 1.15. The fraction of sp³-hybridized carbons (Fsp3) is 0.500. The van der Waals surface area contributed by atoms with Crippen molar-refractivity contribution in [1.29, 1.82) is 0 Å². The largest absolute Gasteiger partial charge is 0.268 e. The number of halogens is 1. The second-order valence-electron chi connectivity index (χ2n) is 1.44. The molecule has 1 unspecified atom stereocenters. The summed E-state index contributed by atoms with van der Waals surface area (Å²) in [5.74, 6) is 0. The van der Waals surface area contributed by atoms with Crippen molar-refractivity contribution in [3.8, 4) is 0 Å². The molecule has 3 heteroatoms. The van der Waals surface area contributed by atoms with Crippen LogP contribution < -0.4 is 5.48 Å². The maximum atomic E-state index is 4.88. The van der Waals surface area contributed by atoms with Crippen molar-refractivity contribution >= 4 is 15.9 Å². The molecule has 0 spiro atoms. The number of hydrogen-bond donors (Lipinski definition) is 1. The van der Waals surface area contributed by atoms with Gasteiger partial charge in [0.1, 0.15) is 10.7 Å². The zero-order valence-electron chi connectivity index (χ0n) is 3.94. The van der Waals surface area contributed by atoms with E-state index in [1.807, 2.05) is 13.0 Å². The van der Waals surface area contributed by atoms with Gasteiger partial charge in [-0.3, -0.25) is 10.3 Å². The summed E-state index contributed by atoms with van der Waals surface area (Å²) in [7, 11) is 0. The van der Waals surface area contributed by atoms with Crippen LogP contribution in [0.3, 0.4) is 0 Å². The molecular weight excluding hydrogens is 158 g/mol. The van der Waals surface area contributed by atoms with E-state index in [-0.39, 0.29) is 6.10 Å². The van der Waals surface area contributed by atoms with Crippen LogP contribution in [-0.4, -0.2) is 6.10 Å². The zero-order chi connectivity index (χ0) is 5.28. The van der Waals surface area contributed by atoms with Crippen LogP contribution in [0.5, 0.6) is 0 Å². The first kappa shape index (κ1) is 5.12. The first-order chi connectivity index (χ1) is 3.29. The molecule has 0 bridgehead atoms. The second kappa shape index (κ2) is 1.84. The normalized spacial score (nSPS) is 29.4. The molecule has 1 N–H and O–H groups in total. The molecule has 0 aliphatic carbocycles. The van der Waals surface area contributed by atoms with E-state index in [1.54, 1.807) is 0 Å². The molecule has 2 nitrogen and oxygen atoms in total. The molecule has 0 fully saturated rings. The van der Waals surface area contributed by atoms with Gasteiger partial charge in [-0.1, -0.05) is 0 Å². The highest BCUT2D eigenvalue weighted by molar-refractivity contribution is 9.11. The third-order valence-electron chi connectivity index (χ3n) is 0.723. The average molecular weight is 164 g/mol. The second-order valence-corrected chi connectivity index (χ2v) is 2.29. The Morgan fingerprint density at radius 1 is 2.00 bits per heavy atom. The smallest absolute Gasteiger partial charge is 0.104 e. The first-order valence-electron chi connectivity index (χ1n) is 2.08. The summed E-state index contributed by atoms with van der Waals surface area (Å²) in [5, 5.41) is 0. The Labute approximate surface area is 50.6 Å². The van der Waals surface area contributed by atoms with Crippen LogP contribution in [0.1, 0.15) is 6.92 Å². The van der Waals surface area contributed by atoms with Gasteiger partial charge in [0.05, 0.1) is 0 Å². The van der Waals surface area contributed by atoms with Crippen molar-refractivity contribution in [1.82, 2.24) is 5.48 Å². The van der Waals surface area contributed by atoms with Gasteiger partial charge in [-0.05, 0) is 28.9 Å². The van der Waals surface area contributed by atoms with Crippen LogP contribution in [0.25, 0.3) is 0 Å². The molecule has 0 aromatic heterocycles. The van der Waals surface area contributed by atoms with E-state index in [0.29, 0.717) is 0 Å². The van der Waals surface area contributed by atoms with Gasteiger partial charge >= 0.3 is 0 Å². The summed E-state index contributed by atoms with van der Waals surface area (Å²) < 4.78 is 0.917. The van der Waals surface area contributed by atoms with E-state index in [0.717, 1.165) is 4.61 Å². The van der Waals surface area contributed by atoms with Crippen LogP contribution in [0, 0.1) is 0 Å². The van der Waals surface area contributed by atoms with E-state index in [4.69, 9.17) is 4.84 Å². The minimum Gasteiger partial charge on any atom is -0.268 e. The molecule has 0 aromatic rings. The van der Waals surface area contributed by atoms with Gasteiger partial charge < -0.3 is 0 Å². The lowest BCUT2D eigenvalue weighted by Gasteiger charge is -1.95. The molecule has 1 atom stereocenters. The van der Waals surface area contributed by atoms with Crippen LogP contribution in [-0.2, 0) is 4.84 Å². The van der Waals surface area contributed by atoms with Gasteiger partial charge in [0, 0.05) is 0 Å². The Kier molecular flexibility index (Phi) is 1.35. The molecule has 1 rings (SSSR count). The lowest BCUT2D eigenvalue weighted by Crippen LogP contribution is -2.06. The highest BCUT2D eigenvalue weighted by Gasteiger charge is 2.06. The predicted molar refractivity (Wildman–Crippen MR) is 30.7 cm³/mol. The van der Waals surface area contributed by atoms with Gasteiger partial charge in [0.2, 0.25) is 0 Å². The minimum absolute atomic E-state index is 0.203. The molecule has 0 aromatic carbocycles. The molecular formula is C4H6BrNO. The molecule has 1 aliphatic rings. The standard InChI is InChI=1S/C4H6BrNO/c1-3-2-4(5)6-7-3/h2-3,6H,1H3. The fourth-order valence-electron chi connectivity index (χ4n) is 0.423. The molecule has 40 valence electrons. The summed E-state index contributed by atoms with van der Waals surface area (Å²) in [6, 6.07) is 0. The Morgan fingerprint density at radius 2 is 2.71 bits per heavy atom. The maximum absolute atomic E-state index is 4.88. The SMILES string of the molecule is CC1C=C(Br)NO1. The van der Waals surface area contributed by atoms with Gasteiger partial charge in [0.25, 0.3) is 0 Å². The molecule has 7 heavy (non-hydrogen) atoms. The van der Waals surface area contributed by atoms with Gasteiger partial charge in [-0.15, -0.1) is 0 Å². The van der Waals surface area contributed by atoms with E-state index >= 15 is 0 Å². The summed E-state index contributed by atoms with van der Waals surface area (Å²) in [4.78, 5) is 4.88. The van der Waals surface area contributed by atoms with Gasteiger partial charge in [-0.2, -0.15) is 0 Å². The van der Waals surface area contributed by atoms with Crippen molar-refractivity contribution in [2.24, 2.45) is 0 Å². The van der Waals surface area contributed by atoms with Crippen molar-refractivity contribution in [2.45, 2.75) is 13.0 Å². The Morgan fingerprint density at radius 3 is 2.86 bits per heavy atom. The Bertz CT molecular complexity index is 102. The van der Waals surface area contributed by atoms with E-state index in [9.17, 15) is 0 Å². The quantitative estimate of drug-likeness (QED) is 0.542. The summed E-state index contributed by atoms with van der Waals surface area (Å²) in [5.41, 5.74) is 2.65. The number of hydrogen-bond acceptors (Lipinski definition) is 2. The van der Waals surface area contributed by atoms with Crippen molar-refractivity contribution in [3.05, 3.63) is 10.7 Å². The molecule has 0 saturated heterocycles.